The highest BCUT2D eigenvalue weighted by Crippen LogP contribution is 2.34. The normalized spacial score (nSPS) is 11.2. The van der Waals surface area contributed by atoms with E-state index >= 15 is 0 Å². The Hall–Kier alpha value is -1.81. The van der Waals surface area contributed by atoms with Gasteiger partial charge in [0.15, 0.2) is 5.82 Å². The molecule has 0 aliphatic rings. The number of aromatic nitrogens is 2. The molecule has 0 spiro atoms. The summed E-state index contributed by atoms with van der Waals surface area (Å²) in [5, 5.41) is 0.838. The van der Waals surface area contributed by atoms with Crippen LogP contribution in [-0.2, 0) is 7.05 Å². The number of fused-ring (bicyclic) bond motifs is 1. The van der Waals surface area contributed by atoms with Crippen LogP contribution in [0.15, 0.2) is 30.3 Å². The topological polar surface area (TPSA) is 43.8 Å². The quantitative estimate of drug-likeness (QED) is 0.713. The van der Waals surface area contributed by atoms with Crippen LogP contribution in [-0.4, -0.2) is 9.55 Å². The number of thiophene rings is 1. The van der Waals surface area contributed by atoms with Gasteiger partial charge < -0.3 is 10.3 Å². The van der Waals surface area contributed by atoms with Crippen molar-refractivity contribution in [1.29, 1.82) is 0 Å². The molecule has 2 aromatic heterocycles. The molecule has 17 heavy (non-hydrogen) atoms. The highest BCUT2D eigenvalue weighted by Gasteiger charge is 2.13. The van der Waals surface area contributed by atoms with E-state index in [1.165, 1.54) is 5.56 Å². The lowest BCUT2D eigenvalue weighted by Gasteiger charge is -2.00. The van der Waals surface area contributed by atoms with Crippen molar-refractivity contribution < 1.29 is 0 Å². The monoisotopic (exact) mass is 243 g/mol. The molecule has 0 saturated carbocycles. The van der Waals surface area contributed by atoms with E-state index in [-0.39, 0.29) is 0 Å². The number of benzene rings is 1. The van der Waals surface area contributed by atoms with E-state index in [2.05, 4.69) is 22.5 Å². The van der Waals surface area contributed by atoms with Gasteiger partial charge in [-0.05, 0) is 30.7 Å². The van der Waals surface area contributed by atoms with Crippen LogP contribution < -0.4 is 5.73 Å². The lowest BCUT2D eigenvalue weighted by Crippen LogP contribution is -1.91. The number of hydrogen-bond donors (Lipinski definition) is 1. The van der Waals surface area contributed by atoms with Gasteiger partial charge >= 0.3 is 0 Å². The fraction of sp³-hybridized carbons (Fsp3) is 0.154. The summed E-state index contributed by atoms with van der Waals surface area (Å²) >= 11 is 1.59. The minimum absolute atomic E-state index is 0.838. The minimum Gasteiger partial charge on any atom is -0.391 e. The fourth-order valence-corrected chi connectivity index (χ4v) is 3.04. The summed E-state index contributed by atoms with van der Waals surface area (Å²) in [5.41, 5.74) is 9.20. The Labute approximate surface area is 104 Å². The zero-order valence-electron chi connectivity index (χ0n) is 9.77. The number of hydrogen-bond acceptors (Lipinski definition) is 3. The first kappa shape index (κ1) is 10.4. The number of nitrogens with two attached hydrogens (primary N) is 1. The highest BCUT2D eigenvalue weighted by molar-refractivity contribution is 7.19. The SMILES string of the molecule is Cc1cc(N)sc1-c1nc2ccccc2n1C. The lowest BCUT2D eigenvalue weighted by molar-refractivity contribution is 0.961. The number of imidazole rings is 1. The van der Waals surface area contributed by atoms with Crippen molar-refractivity contribution in [2.45, 2.75) is 6.92 Å². The average Bonchev–Trinajstić information content (AvgIpc) is 2.80. The summed E-state index contributed by atoms with van der Waals surface area (Å²) in [5.74, 6) is 0.991. The predicted octanol–water partition coefficient (Wildman–Crippen LogP) is 3.19. The van der Waals surface area contributed by atoms with Crippen LogP contribution >= 0.6 is 11.3 Å². The second kappa shape index (κ2) is 3.60. The molecular weight excluding hydrogens is 230 g/mol. The largest absolute Gasteiger partial charge is 0.391 e. The van der Waals surface area contributed by atoms with Gasteiger partial charge in [0.05, 0.1) is 20.9 Å². The van der Waals surface area contributed by atoms with Crippen LogP contribution in [0.1, 0.15) is 5.56 Å². The van der Waals surface area contributed by atoms with E-state index < -0.39 is 0 Å². The number of para-hydroxylation sites is 2. The van der Waals surface area contributed by atoms with E-state index in [0.717, 1.165) is 26.7 Å². The van der Waals surface area contributed by atoms with Crippen molar-refractivity contribution in [1.82, 2.24) is 9.55 Å². The van der Waals surface area contributed by atoms with E-state index in [9.17, 15) is 0 Å². The Morgan fingerprint density at radius 3 is 2.71 bits per heavy atom. The Morgan fingerprint density at radius 2 is 2.06 bits per heavy atom. The standard InChI is InChI=1S/C13H13N3S/c1-8-7-11(14)17-12(8)13-15-9-5-3-4-6-10(9)16(13)2/h3-7H,14H2,1-2H3. The molecule has 3 rings (SSSR count). The van der Waals surface area contributed by atoms with E-state index in [0.29, 0.717) is 0 Å². The van der Waals surface area contributed by atoms with Crippen molar-refractivity contribution in [2.24, 2.45) is 7.05 Å². The first-order chi connectivity index (χ1) is 8.16. The van der Waals surface area contributed by atoms with Gasteiger partial charge in [-0.15, -0.1) is 11.3 Å². The molecule has 0 aliphatic heterocycles. The molecule has 0 unspecified atom stereocenters. The maximum Gasteiger partial charge on any atom is 0.151 e. The Kier molecular flexibility index (Phi) is 2.19. The van der Waals surface area contributed by atoms with Gasteiger partial charge in [0.1, 0.15) is 0 Å². The highest BCUT2D eigenvalue weighted by atomic mass is 32.1. The van der Waals surface area contributed by atoms with E-state index in [1.54, 1.807) is 11.3 Å². The third-order valence-corrected chi connectivity index (χ3v) is 3.99. The molecule has 0 radical (unpaired) electrons. The first-order valence-corrected chi connectivity index (χ1v) is 6.26. The molecule has 3 nitrogen and oxygen atoms in total. The third-order valence-electron chi connectivity index (χ3n) is 2.93. The van der Waals surface area contributed by atoms with Crippen molar-refractivity contribution in [3.63, 3.8) is 0 Å². The number of nitrogen functional groups attached to an aromatic ring is 1. The summed E-state index contributed by atoms with van der Waals surface area (Å²) in [6.07, 6.45) is 0. The van der Waals surface area contributed by atoms with Gasteiger partial charge in [-0.1, -0.05) is 12.1 Å². The number of rotatable bonds is 1. The van der Waals surface area contributed by atoms with Crippen molar-refractivity contribution in [2.75, 3.05) is 5.73 Å². The molecule has 2 heterocycles. The Bertz CT molecular complexity index is 694. The second-order valence-electron chi connectivity index (χ2n) is 4.14. The van der Waals surface area contributed by atoms with Gasteiger partial charge in [-0.3, -0.25) is 0 Å². The maximum absolute atomic E-state index is 5.84. The van der Waals surface area contributed by atoms with Gasteiger partial charge in [0.2, 0.25) is 0 Å². The molecule has 3 aromatic rings. The summed E-state index contributed by atoms with van der Waals surface area (Å²) in [4.78, 5) is 5.83. The summed E-state index contributed by atoms with van der Waals surface area (Å²) < 4.78 is 2.12. The smallest absolute Gasteiger partial charge is 0.151 e. The second-order valence-corrected chi connectivity index (χ2v) is 5.23. The molecule has 86 valence electrons. The molecule has 0 amide bonds. The summed E-state index contributed by atoms with van der Waals surface area (Å²) in [6, 6.07) is 10.2. The van der Waals surface area contributed by atoms with Crippen LogP contribution in [0, 0.1) is 6.92 Å². The summed E-state index contributed by atoms with van der Waals surface area (Å²) in [7, 11) is 2.04. The van der Waals surface area contributed by atoms with Crippen molar-refractivity contribution >= 4 is 27.4 Å². The van der Waals surface area contributed by atoms with Crippen LogP contribution in [0.4, 0.5) is 5.00 Å². The average molecular weight is 243 g/mol. The van der Waals surface area contributed by atoms with E-state index in [1.807, 2.05) is 31.3 Å². The zero-order valence-corrected chi connectivity index (χ0v) is 10.6. The van der Waals surface area contributed by atoms with Gasteiger partial charge in [-0.25, -0.2) is 4.98 Å². The molecule has 4 heteroatoms. The molecule has 0 aliphatic carbocycles. The molecule has 0 saturated heterocycles. The van der Waals surface area contributed by atoms with E-state index in [4.69, 9.17) is 5.73 Å². The van der Waals surface area contributed by atoms with Crippen molar-refractivity contribution in [3.05, 3.63) is 35.9 Å². The predicted molar refractivity (Wildman–Crippen MR) is 73.2 cm³/mol. The number of anilines is 1. The third kappa shape index (κ3) is 1.52. The Morgan fingerprint density at radius 1 is 1.29 bits per heavy atom. The van der Waals surface area contributed by atoms with Crippen molar-refractivity contribution in [3.8, 4) is 10.7 Å². The molecule has 1 aromatic carbocycles. The molecular formula is C13H13N3S. The minimum atomic E-state index is 0.838. The van der Waals surface area contributed by atoms with Crippen LogP contribution in [0.3, 0.4) is 0 Å². The fourth-order valence-electron chi connectivity index (χ4n) is 2.08. The molecule has 2 N–H and O–H groups in total. The van der Waals surface area contributed by atoms with Crippen LogP contribution in [0.25, 0.3) is 21.7 Å². The Balaban J connectivity index is 2.31. The van der Waals surface area contributed by atoms with Gasteiger partial charge in [0, 0.05) is 7.05 Å². The maximum atomic E-state index is 5.84. The molecule has 0 bridgehead atoms. The van der Waals surface area contributed by atoms with Crippen LogP contribution in [0.5, 0.6) is 0 Å². The van der Waals surface area contributed by atoms with Gasteiger partial charge in [0.25, 0.3) is 0 Å². The van der Waals surface area contributed by atoms with Crippen LogP contribution in [0.2, 0.25) is 0 Å². The number of nitrogens with zero attached hydrogens (tertiary/aromatic N) is 2. The first-order valence-electron chi connectivity index (χ1n) is 5.44. The zero-order chi connectivity index (χ0) is 12.0. The van der Waals surface area contributed by atoms with Gasteiger partial charge in [-0.2, -0.15) is 0 Å². The lowest BCUT2D eigenvalue weighted by atomic mass is 10.3. The molecule has 0 fully saturated rings. The molecule has 0 atom stereocenters. The number of aryl methyl sites for hydroxylation is 2. The summed E-state index contributed by atoms with van der Waals surface area (Å²) in [6.45, 7) is 2.07.